The summed E-state index contributed by atoms with van der Waals surface area (Å²) < 4.78 is 0. The van der Waals surface area contributed by atoms with Crippen LogP contribution in [0.1, 0.15) is 49.8 Å². The zero-order chi connectivity index (χ0) is 14.4. The molecule has 0 radical (unpaired) electrons. The highest BCUT2D eigenvalue weighted by Gasteiger charge is 2.13. The van der Waals surface area contributed by atoms with Crippen LogP contribution < -0.4 is 5.32 Å². The van der Waals surface area contributed by atoms with E-state index in [1.165, 1.54) is 11.1 Å². The van der Waals surface area contributed by atoms with Crippen molar-refractivity contribution < 1.29 is 4.79 Å². The first kappa shape index (κ1) is 14.6. The Kier molecular flexibility index (Phi) is 5.16. The molecular weight excluding hydrogens is 246 g/mol. The van der Waals surface area contributed by atoms with E-state index in [1.54, 1.807) is 0 Å². The second-order valence-electron chi connectivity index (χ2n) is 5.37. The maximum Gasteiger partial charge on any atom is 0.224 e. The van der Waals surface area contributed by atoms with E-state index in [0.29, 0.717) is 6.42 Å². The molecule has 2 rings (SSSR count). The third-order valence-corrected chi connectivity index (χ3v) is 3.66. The highest BCUT2D eigenvalue weighted by molar-refractivity contribution is 5.79. The summed E-state index contributed by atoms with van der Waals surface area (Å²) in [7, 11) is 0. The second-order valence-corrected chi connectivity index (χ2v) is 5.37. The normalized spacial score (nSPS) is 15.6. The maximum absolute atomic E-state index is 12.1. The number of nitrogens with one attached hydrogen (secondary N) is 1. The molecule has 1 unspecified atom stereocenters. The third-order valence-electron chi connectivity index (χ3n) is 3.66. The fraction of sp³-hybridized carbons (Fsp3) is 0.389. The zero-order valence-electron chi connectivity index (χ0n) is 12.4. The van der Waals surface area contributed by atoms with E-state index in [0.717, 1.165) is 24.8 Å². The van der Waals surface area contributed by atoms with Crippen molar-refractivity contribution in [3.05, 3.63) is 59.2 Å². The lowest BCUT2D eigenvalue weighted by molar-refractivity contribution is -0.121. The summed E-state index contributed by atoms with van der Waals surface area (Å²) in [5.41, 5.74) is 3.56. The van der Waals surface area contributed by atoms with E-state index in [-0.39, 0.29) is 11.9 Å². The van der Waals surface area contributed by atoms with E-state index in [4.69, 9.17) is 0 Å². The first-order valence-electron chi connectivity index (χ1n) is 7.40. The summed E-state index contributed by atoms with van der Waals surface area (Å²) in [6, 6.07) is 8.50. The van der Waals surface area contributed by atoms with Gasteiger partial charge in [-0.05, 0) is 37.3 Å². The first-order chi connectivity index (χ1) is 9.69. The van der Waals surface area contributed by atoms with Crippen molar-refractivity contribution in [3.63, 3.8) is 0 Å². The number of hydrogen-bond donors (Lipinski definition) is 1. The van der Waals surface area contributed by atoms with Crippen molar-refractivity contribution in [2.24, 2.45) is 0 Å². The lowest BCUT2D eigenvalue weighted by Gasteiger charge is -2.18. The Morgan fingerprint density at radius 3 is 2.60 bits per heavy atom. The monoisotopic (exact) mass is 269 g/mol. The smallest absolute Gasteiger partial charge is 0.224 e. The largest absolute Gasteiger partial charge is 0.349 e. The molecule has 1 aliphatic carbocycles. The topological polar surface area (TPSA) is 29.1 Å². The van der Waals surface area contributed by atoms with Gasteiger partial charge in [0.1, 0.15) is 0 Å². The van der Waals surface area contributed by atoms with Crippen LogP contribution in [0, 0.1) is 6.92 Å². The van der Waals surface area contributed by atoms with Crippen molar-refractivity contribution in [2.45, 2.75) is 45.6 Å². The highest BCUT2D eigenvalue weighted by atomic mass is 16.1. The standard InChI is InChI=1S/C18H23NO/c1-3-17(16-11-9-14(2)10-12-16)19-18(20)13-15-7-5-4-6-8-15/h5,7-12,17H,3-4,6,13H2,1-2H3,(H,19,20). The Morgan fingerprint density at radius 1 is 1.25 bits per heavy atom. The highest BCUT2D eigenvalue weighted by Crippen LogP contribution is 2.19. The van der Waals surface area contributed by atoms with Crippen molar-refractivity contribution >= 4 is 5.91 Å². The molecule has 106 valence electrons. The molecule has 1 aliphatic rings. The number of amides is 1. The molecule has 20 heavy (non-hydrogen) atoms. The summed E-state index contributed by atoms with van der Waals surface area (Å²) in [6.07, 6.45) is 9.89. The molecule has 0 saturated carbocycles. The second kappa shape index (κ2) is 7.09. The van der Waals surface area contributed by atoms with Gasteiger partial charge in [0.2, 0.25) is 5.91 Å². The Morgan fingerprint density at radius 2 is 2.00 bits per heavy atom. The first-order valence-corrected chi connectivity index (χ1v) is 7.40. The summed E-state index contributed by atoms with van der Waals surface area (Å²) in [5.74, 6) is 0.107. The van der Waals surface area contributed by atoms with Crippen molar-refractivity contribution in [1.82, 2.24) is 5.32 Å². The molecule has 1 aromatic rings. The molecule has 0 heterocycles. The summed E-state index contributed by atoms with van der Waals surface area (Å²) in [4.78, 5) is 12.1. The minimum absolute atomic E-state index is 0.107. The number of rotatable bonds is 5. The van der Waals surface area contributed by atoms with Crippen LogP contribution >= 0.6 is 0 Å². The van der Waals surface area contributed by atoms with Crippen molar-refractivity contribution in [3.8, 4) is 0 Å². The number of aryl methyl sites for hydroxylation is 1. The van der Waals surface area contributed by atoms with Gasteiger partial charge in [-0.1, -0.05) is 55.0 Å². The van der Waals surface area contributed by atoms with Crippen LogP contribution in [0.2, 0.25) is 0 Å². The molecule has 0 aliphatic heterocycles. The molecule has 0 fully saturated rings. The number of hydrogen-bond acceptors (Lipinski definition) is 1. The quantitative estimate of drug-likeness (QED) is 0.851. The Balaban J connectivity index is 1.95. The fourth-order valence-corrected chi connectivity index (χ4v) is 2.45. The molecule has 0 bridgehead atoms. The molecule has 0 aromatic heterocycles. The van der Waals surface area contributed by atoms with Crippen LogP contribution in [0.4, 0.5) is 0 Å². The lowest BCUT2D eigenvalue weighted by atomic mass is 10.0. The van der Waals surface area contributed by atoms with Gasteiger partial charge >= 0.3 is 0 Å². The molecule has 1 N–H and O–H groups in total. The predicted octanol–water partition coefficient (Wildman–Crippen LogP) is 4.23. The molecule has 1 amide bonds. The van der Waals surface area contributed by atoms with Gasteiger partial charge in [-0.25, -0.2) is 0 Å². The molecule has 1 atom stereocenters. The number of benzene rings is 1. The van der Waals surface area contributed by atoms with Crippen LogP contribution in [0.15, 0.2) is 48.1 Å². The van der Waals surface area contributed by atoms with E-state index < -0.39 is 0 Å². The average molecular weight is 269 g/mol. The number of carbonyl (C=O) groups is 1. The SMILES string of the molecule is CCC(NC(=O)CC1=CCCC=C1)c1ccc(C)cc1. The van der Waals surface area contributed by atoms with Gasteiger partial charge in [0.05, 0.1) is 12.5 Å². The average Bonchev–Trinajstić information content (AvgIpc) is 2.47. The van der Waals surface area contributed by atoms with Gasteiger partial charge in [-0.2, -0.15) is 0 Å². The van der Waals surface area contributed by atoms with Gasteiger partial charge in [-0.15, -0.1) is 0 Å². The van der Waals surface area contributed by atoms with Gasteiger partial charge in [-0.3, -0.25) is 4.79 Å². The predicted molar refractivity (Wildman–Crippen MR) is 83.4 cm³/mol. The van der Waals surface area contributed by atoms with Crippen LogP contribution in [-0.4, -0.2) is 5.91 Å². The number of carbonyl (C=O) groups excluding carboxylic acids is 1. The molecular formula is C18H23NO. The van der Waals surface area contributed by atoms with Crippen LogP contribution in [0.3, 0.4) is 0 Å². The Hall–Kier alpha value is -1.83. The maximum atomic E-state index is 12.1. The summed E-state index contributed by atoms with van der Waals surface area (Å²) >= 11 is 0. The van der Waals surface area contributed by atoms with Crippen LogP contribution in [-0.2, 0) is 4.79 Å². The minimum Gasteiger partial charge on any atom is -0.349 e. The van der Waals surface area contributed by atoms with E-state index >= 15 is 0 Å². The molecule has 2 nitrogen and oxygen atoms in total. The summed E-state index contributed by atoms with van der Waals surface area (Å²) in [5, 5.41) is 3.14. The van der Waals surface area contributed by atoms with Gasteiger partial charge < -0.3 is 5.32 Å². The van der Waals surface area contributed by atoms with Gasteiger partial charge in [0.15, 0.2) is 0 Å². The van der Waals surface area contributed by atoms with E-state index in [2.05, 4.69) is 61.7 Å². The molecule has 0 spiro atoms. The number of allylic oxidation sites excluding steroid dienone is 3. The van der Waals surface area contributed by atoms with Crippen molar-refractivity contribution in [1.29, 1.82) is 0 Å². The van der Waals surface area contributed by atoms with Crippen LogP contribution in [0.25, 0.3) is 0 Å². The summed E-state index contributed by atoms with van der Waals surface area (Å²) in [6.45, 7) is 4.18. The lowest BCUT2D eigenvalue weighted by Crippen LogP contribution is -2.28. The molecule has 1 aromatic carbocycles. The fourth-order valence-electron chi connectivity index (χ4n) is 2.45. The molecule has 2 heteroatoms. The Bertz CT molecular complexity index is 511. The van der Waals surface area contributed by atoms with E-state index in [9.17, 15) is 4.79 Å². The van der Waals surface area contributed by atoms with E-state index in [1.807, 2.05) is 0 Å². The van der Waals surface area contributed by atoms with Gasteiger partial charge in [0.25, 0.3) is 0 Å². The minimum atomic E-state index is 0.107. The third kappa shape index (κ3) is 4.09. The van der Waals surface area contributed by atoms with Gasteiger partial charge in [0, 0.05) is 0 Å². The zero-order valence-corrected chi connectivity index (χ0v) is 12.4. The van der Waals surface area contributed by atoms with Crippen molar-refractivity contribution in [2.75, 3.05) is 0 Å². The molecule has 0 saturated heterocycles. The van der Waals surface area contributed by atoms with Crippen LogP contribution in [0.5, 0.6) is 0 Å². The Labute approximate surface area is 121 Å².